The minimum Gasteiger partial charge on any atom is -0.481 e. The van der Waals surface area contributed by atoms with Gasteiger partial charge in [-0.3, -0.25) is 10.1 Å². The van der Waals surface area contributed by atoms with Crippen LogP contribution in [0.3, 0.4) is 0 Å². The first-order valence-electron chi connectivity index (χ1n) is 9.17. The van der Waals surface area contributed by atoms with Crippen LogP contribution >= 0.6 is 11.3 Å². The number of nitrogens with zero attached hydrogens (tertiary/aromatic N) is 2. The van der Waals surface area contributed by atoms with Gasteiger partial charge in [0.15, 0.2) is 6.10 Å². The predicted molar refractivity (Wildman–Crippen MR) is 107 cm³/mol. The Labute approximate surface area is 162 Å². The van der Waals surface area contributed by atoms with E-state index in [-0.39, 0.29) is 5.91 Å². The first kappa shape index (κ1) is 17.7. The van der Waals surface area contributed by atoms with Gasteiger partial charge in [0.1, 0.15) is 10.8 Å². The molecule has 1 heterocycles. The van der Waals surface area contributed by atoms with E-state index in [0.717, 1.165) is 29.2 Å². The van der Waals surface area contributed by atoms with Crippen molar-refractivity contribution in [3.8, 4) is 16.3 Å². The zero-order valence-corrected chi connectivity index (χ0v) is 16.0. The van der Waals surface area contributed by atoms with Gasteiger partial charge < -0.3 is 4.74 Å². The molecule has 0 aliphatic heterocycles. The third kappa shape index (κ3) is 4.17. The molecule has 27 heavy (non-hydrogen) atoms. The Balaban J connectivity index is 1.39. The van der Waals surface area contributed by atoms with Crippen LogP contribution in [0, 0.1) is 0 Å². The molecule has 138 valence electrons. The largest absolute Gasteiger partial charge is 0.481 e. The summed E-state index contributed by atoms with van der Waals surface area (Å²) in [6, 6.07) is 15.9. The number of nitrogens with one attached hydrogen (secondary N) is 1. The summed E-state index contributed by atoms with van der Waals surface area (Å²) >= 11 is 1.35. The van der Waals surface area contributed by atoms with Crippen LogP contribution in [-0.2, 0) is 17.6 Å². The fourth-order valence-corrected chi connectivity index (χ4v) is 3.97. The van der Waals surface area contributed by atoms with Gasteiger partial charge in [-0.05, 0) is 55.9 Å². The molecule has 1 amide bonds. The van der Waals surface area contributed by atoms with Crippen LogP contribution in [0.2, 0.25) is 0 Å². The highest BCUT2D eigenvalue weighted by Gasteiger charge is 2.18. The quantitative estimate of drug-likeness (QED) is 0.709. The molecule has 0 saturated carbocycles. The summed E-state index contributed by atoms with van der Waals surface area (Å²) in [4.78, 5) is 12.5. The molecule has 1 atom stereocenters. The number of anilines is 1. The summed E-state index contributed by atoms with van der Waals surface area (Å²) in [5.74, 6) is 0.504. The molecule has 1 aromatic heterocycles. The number of aromatic nitrogens is 2. The number of carbonyl (C=O) groups is 1. The maximum atomic E-state index is 12.5. The Kier molecular flexibility index (Phi) is 5.16. The smallest absolute Gasteiger partial charge is 0.266 e. The molecule has 0 unspecified atom stereocenters. The molecule has 5 nitrogen and oxygen atoms in total. The minimum atomic E-state index is -0.615. The highest BCUT2D eigenvalue weighted by Crippen LogP contribution is 2.27. The molecular weight excluding hydrogens is 358 g/mol. The molecule has 0 bridgehead atoms. The Bertz CT molecular complexity index is 940. The van der Waals surface area contributed by atoms with E-state index in [1.165, 1.54) is 35.3 Å². The fraction of sp³-hybridized carbons (Fsp3) is 0.286. The van der Waals surface area contributed by atoms with Gasteiger partial charge in [-0.15, -0.1) is 10.2 Å². The first-order valence-corrected chi connectivity index (χ1v) is 9.99. The number of aryl methyl sites for hydroxylation is 2. The molecule has 1 N–H and O–H groups in total. The third-order valence-electron chi connectivity index (χ3n) is 4.68. The van der Waals surface area contributed by atoms with Crippen LogP contribution in [0.1, 0.15) is 30.9 Å². The maximum absolute atomic E-state index is 12.5. The highest BCUT2D eigenvalue weighted by molar-refractivity contribution is 7.18. The molecule has 6 heteroatoms. The van der Waals surface area contributed by atoms with E-state index in [4.69, 9.17) is 4.74 Å². The van der Waals surface area contributed by atoms with Crippen molar-refractivity contribution in [1.82, 2.24) is 10.2 Å². The number of fused-ring (bicyclic) bond motifs is 1. The zero-order valence-electron chi connectivity index (χ0n) is 15.1. The molecular formula is C21H21N3O2S. The second kappa shape index (κ2) is 7.88. The normalized spacial score (nSPS) is 14.3. The number of hydrogen-bond donors (Lipinski definition) is 1. The molecule has 4 rings (SSSR count). The predicted octanol–water partition coefficient (Wildman–Crippen LogP) is 4.49. The van der Waals surface area contributed by atoms with E-state index >= 15 is 0 Å². The summed E-state index contributed by atoms with van der Waals surface area (Å²) in [7, 11) is 0. The van der Waals surface area contributed by atoms with Crippen molar-refractivity contribution in [2.45, 2.75) is 38.7 Å². The van der Waals surface area contributed by atoms with Crippen molar-refractivity contribution in [3.05, 3.63) is 59.7 Å². The van der Waals surface area contributed by atoms with Gasteiger partial charge in [-0.1, -0.05) is 47.7 Å². The average molecular weight is 379 g/mol. The van der Waals surface area contributed by atoms with Crippen LogP contribution in [-0.4, -0.2) is 22.2 Å². The van der Waals surface area contributed by atoms with E-state index in [1.54, 1.807) is 6.92 Å². The van der Waals surface area contributed by atoms with Crippen molar-refractivity contribution in [3.63, 3.8) is 0 Å². The Morgan fingerprint density at radius 2 is 1.85 bits per heavy atom. The SMILES string of the molecule is C[C@H](Oc1ccc2c(c1)CCCC2)C(=O)Nc1nnc(-c2ccccc2)s1. The van der Waals surface area contributed by atoms with Crippen LogP contribution in [0.4, 0.5) is 5.13 Å². The average Bonchev–Trinajstić information content (AvgIpc) is 3.17. The van der Waals surface area contributed by atoms with Crippen LogP contribution in [0.15, 0.2) is 48.5 Å². The van der Waals surface area contributed by atoms with Gasteiger partial charge in [-0.25, -0.2) is 0 Å². The monoisotopic (exact) mass is 379 g/mol. The van der Waals surface area contributed by atoms with Crippen molar-refractivity contribution >= 4 is 22.4 Å². The molecule has 1 aliphatic carbocycles. The number of benzene rings is 2. The summed E-state index contributed by atoms with van der Waals surface area (Å²) in [6.07, 6.45) is 4.06. The Morgan fingerprint density at radius 3 is 2.67 bits per heavy atom. The van der Waals surface area contributed by atoms with Gasteiger partial charge in [0, 0.05) is 5.56 Å². The van der Waals surface area contributed by atoms with E-state index in [0.29, 0.717) is 5.13 Å². The molecule has 2 aromatic carbocycles. The van der Waals surface area contributed by atoms with E-state index < -0.39 is 6.10 Å². The van der Waals surface area contributed by atoms with E-state index in [1.807, 2.05) is 36.4 Å². The van der Waals surface area contributed by atoms with Gasteiger partial charge in [0.05, 0.1) is 0 Å². The molecule has 0 spiro atoms. The van der Waals surface area contributed by atoms with Crippen LogP contribution < -0.4 is 10.1 Å². The lowest BCUT2D eigenvalue weighted by Crippen LogP contribution is -2.30. The molecule has 0 radical (unpaired) electrons. The number of amides is 1. The third-order valence-corrected chi connectivity index (χ3v) is 5.57. The van der Waals surface area contributed by atoms with Crippen molar-refractivity contribution in [1.29, 1.82) is 0 Å². The fourth-order valence-electron chi connectivity index (χ4n) is 3.22. The van der Waals surface area contributed by atoms with Gasteiger partial charge in [0.2, 0.25) is 5.13 Å². The standard InChI is InChI=1S/C21H21N3O2S/c1-14(26-18-12-11-15-7-5-6-10-17(15)13-18)19(25)22-21-24-23-20(27-21)16-8-3-2-4-9-16/h2-4,8-9,11-14H,5-7,10H2,1H3,(H,22,24,25)/t14-/m0/s1. The van der Waals surface area contributed by atoms with Gasteiger partial charge in [-0.2, -0.15) is 0 Å². The minimum absolute atomic E-state index is 0.233. The van der Waals surface area contributed by atoms with Crippen molar-refractivity contribution < 1.29 is 9.53 Å². The molecule has 0 saturated heterocycles. The summed E-state index contributed by atoms with van der Waals surface area (Å²) in [6.45, 7) is 1.74. The Morgan fingerprint density at radius 1 is 1.07 bits per heavy atom. The van der Waals surface area contributed by atoms with Gasteiger partial charge in [0.25, 0.3) is 5.91 Å². The lowest BCUT2D eigenvalue weighted by molar-refractivity contribution is -0.122. The highest BCUT2D eigenvalue weighted by atomic mass is 32.1. The van der Waals surface area contributed by atoms with Crippen molar-refractivity contribution in [2.24, 2.45) is 0 Å². The number of rotatable bonds is 5. The molecule has 3 aromatic rings. The summed E-state index contributed by atoms with van der Waals surface area (Å²) in [5, 5.41) is 12.2. The lowest BCUT2D eigenvalue weighted by Gasteiger charge is -2.18. The molecule has 0 fully saturated rings. The number of ether oxygens (including phenoxy) is 1. The zero-order chi connectivity index (χ0) is 18.6. The first-order chi connectivity index (χ1) is 13.2. The molecule has 1 aliphatic rings. The van der Waals surface area contributed by atoms with E-state index in [2.05, 4.69) is 27.6 Å². The maximum Gasteiger partial charge on any atom is 0.266 e. The van der Waals surface area contributed by atoms with Gasteiger partial charge >= 0.3 is 0 Å². The summed E-state index contributed by atoms with van der Waals surface area (Å²) in [5.41, 5.74) is 3.71. The Hall–Kier alpha value is -2.73. The summed E-state index contributed by atoms with van der Waals surface area (Å²) < 4.78 is 5.85. The van der Waals surface area contributed by atoms with Crippen LogP contribution in [0.25, 0.3) is 10.6 Å². The number of hydrogen-bond acceptors (Lipinski definition) is 5. The second-order valence-electron chi connectivity index (χ2n) is 6.67. The number of carbonyl (C=O) groups excluding carboxylic acids is 1. The topological polar surface area (TPSA) is 64.1 Å². The lowest BCUT2D eigenvalue weighted by atomic mass is 9.92. The van der Waals surface area contributed by atoms with E-state index in [9.17, 15) is 4.79 Å². The van der Waals surface area contributed by atoms with Crippen molar-refractivity contribution in [2.75, 3.05) is 5.32 Å². The second-order valence-corrected chi connectivity index (χ2v) is 7.64. The van der Waals surface area contributed by atoms with Crippen LogP contribution in [0.5, 0.6) is 5.75 Å².